The second kappa shape index (κ2) is 11.2. The Morgan fingerprint density at radius 1 is 0.913 bits per heavy atom. The third-order valence-electron chi connectivity index (χ3n) is 3.36. The van der Waals surface area contributed by atoms with Crippen LogP contribution in [0.5, 0.6) is 0 Å². The number of carbonyl (C=O) groups is 2. The molecule has 0 radical (unpaired) electrons. The zero-order chi connectivity index (χ0) is 17.9. The number of esters is 2. The molecular weight excluding hydrogens is 312 g/mol. The van der Waals surface area contributed by atoms with Gasteiger partial charge in [0.15, 0.2) is 8.32 Å². The van der Waals surface area contributed by atoms with E-state index < -0.39 is 8.32 Å². The molecule has 0 bridgehead atoms. The highest BCUT2D eigenvalue weighted by atomic mass is 28.4. The molecule has 0 aromatic carbocycles. The lowest BCUT2D eigenvalue weighted by Crippen LogP contribution is -2.35. The zero-order valence-electron chi connectivity index (χ0n) is 14.9. The number of hydrogen-bond acceptors (Lipinski definition) is 5. The summed E-state index contributed by atoms with van der Waals surface area (Å²) in [5.41, 5.74) is 0.822. The van der Waals surface area contributed by atoms with Crippen LogP contribution < -0.4 is 0 Å². The molecule has 0 heterocycles. The van der Waals surface area contributed by atoms with Crippen molar-refractivity contribution in [3.63, 3.8) is 0 Å². The van der Waals surface area contributed by atoms with E-state index in [1.54, 1.807) is 13.8 Å². The summed E-state index contributed by atoms with van der Waals surface area (Å²) in [6, 6.07) is 1.80. The van der Waals surface area contributed by atoms with E-state index in [1.165, 1.54) is 0 Å². The van der Waals surface area contributed by atoms with Gasteiger partial charge < -0.3 is 13.9 Å². The van der Waals surface area contributed by atoms with E-state index in [-0.39, 0.29) is 11.9 Å². The molecule has 23 heavy (non-hydrogen) atoms. The molecule has 132 valence electrons. The van der Waals surface area contributed by atoms with Crippen molar-refractivity contribution in [1.82, 2.24) is 0 Å². The molecule has 0 aliphatic rings. The van der Waals surface area contributed by atoms with Crippen LogP contribution in [0.3, 0.4) is 0 Å². The van der Waals surface area contributed by atoms with Crippen LogP contribution >= 0.6 is 0 Å². The Morgan fingerprint density at radius 3 is 1.61 bits per heavy atom. The van der Waals surface area contributed by atoms with Crippen LogP contribution in [0.2, 0.25) is 18.6 Å². The Kier molecular flexibility index (Phi) is 10.5. The molecule has 0 N–H and O–H groups in total. The third kappa shape index (κ3) is 10.1. The van der Waals surface area contributed by atoms with Gasteiger partial charge in [-0.2, -0.15) is 0 Å². The van der Waals surface area contributed by atoms with Gasteiger partial charge in [-0.25, -0.2) is 9.59 Å². The topological polar surface area (TPSA) is 61.8 Å². The zero-order valence-corrected chi connectivity index (χ0v) is 15.9. The Bertz CT molecular complexity index is 397. The Labute approximate surface area is 140 Å². The Hall–Kier alpha value is -1.40. The lowest BCUT2D eigenvalue weighted by Gasteiger charge is -2.27. The van der Waals surface area contributed by atoms with Crippen LogP contribution in [-0.4, -0.2) is 40.1 Å². The lowest BCUT2D eigenvalue weighted by molar-refractivity contribution is -0.139. The molecule has 0 aromatic rings. The van der Waals surface area contributed by atoms with Gasteiger partial charge in [0.1, 0.15) is 0 Å². The molecule has 0 atom stereocenters. The maximum Gasteiger partial charge on any atom is 0.333 e. The minimum absolute atomic E-state index is 0.350. The van der Waals surface area contributed by atoms with Gasteiger partial charge in [0.05, 0.1) is 13.2 Å². The highest BCUT2D eigenvalue weighted by Gasteiger charge is 2.28. The summed E-state index contributed by atoms with van der Waals surface area (Å²) in [6.45, 7) is 15.9. The molecular formula is C17H30O5Si. The third-order valence-corrected chi connectivity index (χ3v) is 7.16. The van der Waals surface area contributed by atoms with Gasteiger partial charge >= 0.3 is 11.9 Å². The van der Waals surface area contributed by atoms with Crippen LogP contribution in [0.15, 0.2) is 24.3 Å². The fraction of sp³-hybridized carbons (Fsp3) is 0.647. The molecule has 0 saturated carbocycles. The van der Waals surface area contributed by atoms with Crippen molar-refractivity contribution in [1.29, 1.82) is 0 Å². The van der Waals surface area contributed by atoms with E-state index in [2.05, 4.69) is 19.7 Å². The number of carbonyl (C=O) groups excluding carboxylic acids is 2. The highest BCUT2D eigenvalue weighted by Crippen LogP contribution is 2.21. The molecule has 0 rings (SSSR count). The van der Waals surface area contributed by atoms with E-state index in [9.17, 15) is 9.59 Å². The molecule has 5 nitrogen and oxygen atoms in total. The van der Waals surface area contributed by atoms with Gasteiger partial charge in [0, 0.05) is 17.8 Å². The van der Waals surface area contributed by atoms with Crippen LogP contribution in [0.1, 0.15) is 33.6 Å². The second-order valence-corrected chi connectivity index (χ2v) is 10.1. The predicted molar refractivity (Wildman–Crippen MR) is 93.6 cm³/mol. The van der Waals surface area contributed by atoms with Gasteiger partial charge in [-0.05, 0) is 52.2 Å². The Morgan fingerprint density at radius 2 is 1.30 bits per heavy atom. The summed E-state index contributed by atoms with van der Waals surface area (Å²) in [5, 5.41) is 0. The maximum atomic E-state index is 11.3. The number of hydrogen-bond donors (Lipinski definition) is 0. The Balaban J connectivity index is 4.13. The van der Waals surface area contributed by atoms with Crippen molar-refractivity contribution in [2.24, 2.45) is 0 Å². The number of rotatable bonds is 12. The summed E-state index contributed by atoms with van der Waals surface area (Å²) < 4.78 is 16.2. The summed E-state index contributed by atoms with van der Waals surface area (Å²) in [4.78, 5) is 22.7. The average Bonchev–Trinajstić information content (AvgIpc) is 2.47. The molecule has 0 saturated heterocycles. The SMILES string of the molecule is C=C(C)C(=O)OCCC[Si](C)(CCCOC(=O)C(=C)C)OCC. The van der Waals surface area contributed by atoms with Gasteiger partial charge in [-0.3, -0.25) is 0 Å². The number of ether oxygens (including phenoxy) is 2. The standard InChI is InChI=1S/C17H30O5Si/c1-7-22-23(6,12-8-10-20-16(18)14(2)3)13-9-11-21-17(19)15(4)5/h2,4,7-13H2,1,3,5-6H3. The minimum Gasteiger partial charge on any atom is -0.462 e. The van der Waals surface area contributed by atoms with Gasteiger partial charge in [0.2, 0.25) is 0 Å². The van der Waals surface area contributed by atoms with Crippen molar-refractivity contribution in [2.75, 3.05) is 19.8 Å². The summed E-state index contributed by atoms with van der Waals surface area (Å²) in [7, 11) is -1.88. The van der Waals surface area contributed by atoms with Crippen LogP contribution in [-0.2, 0) is 23.5 Å². The first kappa shape index (κ1) is 21.6. The highest BCUT2D eigenvalue weighted by molar-refractivity contribution is 6.72. The monoisotopic (exact) mass is 342 g/mol. The van der Waals surface area contributed by atoms with Crippen LogP contribution in [0, 0.1) is 0 Å². The largest absolute Gasteiger partial charge is 0.462 e. The minimum atomic E-state index is -1.88. The summed E-state index contributed by atoms with van der Waals surface area (Å²) in [5.74, 6) is -0.701. The molecule has 0 unspecified atom stereocenters. The van der Waals surface area contributed by atoms with E-state index in [0.717, 1.165) is 24.9 Å². The molecule has 0 spiro atoms. The molecule has 0 aromatic heterocycles. The lowest BCUT2D eigenvalue weighted by atomic mass is 10.4. The first-order chi connectivity index (χ1) is 10.7. The first-order valence-corrected chi connectivity index (χ1v) is 10.8. The second-order valence-electron chi connectivity index (χ2n) is 5.92. The molecule has 0 aliphatic carbocycles. The van der Waals surface area contributed by atoms with Crippen molar-refractivity contribution in [3.8, 4) is 0 Å². The van der Waals surface area contributed by atoms with Crippen molar-refractivity contribution in [3.05, 3.63) is 24.3 Å². The maximum absolute atomic E-state index is 11.3. The quantitative estimate of drug-likeness (QED) is 0.235. The van der Waals surface area contributed by atoms with Crippen molar-refractivity contribution < 1.29 is 23.5 Å². The van der Waals surface area contributed by atoms with Crippen LogP contribution in [0.25, 0.3) is 0 Å². The van der Waals surface area contributed by atoms with E-state index in [1.807, 2.05) is 6.92 Å². The fourth-order valence-corrected chi connectivity index (χ4v) is 5.11. The van der Waals surface area contributed by atoms with E-state index in [0.29, 0.717) is 31.0 Å². The molecule has 0 amide bonds. The van der Waals surface area contributed by atoms with Gasteiger partial charge in [-0.1, -0.05) is 13.2 Å². The summed E-state index contributed by atoms with van der Waals surface area (Å²) >= 11 is 0. The molecule has 0 fully saturated rings. The fourth-order valence-electron chi connectivity index (χ4n) is 2.09. The van der Waals surface area contributed by atoms with Crippen LogP contribution in [0.4, 0.5) is 0 Å². The summed E-state index contributed by atoms with van der Waals surface area (Å²) in [6.07, 6.45) is 1.54. The smallest absolute Gasteiger partial charge is 0.333 e. The molecule has 0 aliphatic heterocycles. The average molecular weight is 343 g/mol. The van der Waals surface area contributed by atoms with Crippen molar-refractivity contribution >= 4 is 20.3 Å². The first-order valence-electron chi connectivity index (χ1n) is 8.01. The van der Waals surface area contributed by atoms with Crippen molar-refractivity contribution in [2.45, 2.75) is 52.2 Å². The van der Waals surface area contributed by atoms with Gasteiger partial charge in [-0.15, -0.1) is 0 Å². The van der Waals surface area contributed by atoms with Gasteiger partial charge in [0.25, 0.3) is 0 Å². The van der Waals surface area contributed by atoms with E-state index >= 15 is 0 Å². The predicted octanol–water partition coefficient (Wildman–Crippen LogP) is 3.62. The van der Waals surface area contributed by atoms with E-state index in [4.69, 9.17) is 13.9 Å². The normalized spacial score (nSPS) is 11.0. The molecule has 6 heteroatoms.